The van der Waals surface area contributed by atoms with Gasteiger partial charge < -0.3 is 5.32 Å². The van der Waals surface area contributed by atoms with E-state index in [1.165, 1.54) is 10.9 Å². The van der Waals surface area contributed by atoms with Gasteiger partial charge in [-0.15, -0.1) is 0 Å². The molecule has 0 bridgehead atoms. The largest absolute Gasteiger partial charge is 0.354 e. The summed E-state index contributed by atoms with van der Waals surface area (Å²) in [5.74, 6) is 0.317. The van der Waals surface area contributed by atoms with Crippen LogP contribution < -0.4 is 11.0 Å². The van der Waals surface area contributed by atoms with Gasteiger partial charge in [0.1, 0.15) is 11.9 Å². The van der Waals surface area contributed by atoms with Crippen molar-refractivity contribution in [2.45, 2.75) is 19.4 Å². The second kappa shape index (κ2) is 5.70. The van der Waals surface area contributed by atoms with E-state index in [9.17, 15) is 9.59 Å². The highest BCUT2D eigenvalue weighted by atomic mass is 35.5. The van der Waals surface area contributed by atoms with Crippen molar-refractivity contribution < 1.29 is 4.79 Å². The lowest BCUT2D eigenvalue weighted by atomic mass is 10.3. The summed E-state index contributed by atoms with van der Waals surface area (Å²) in [6.07, 6.45) is 3.49. The first-order valence-corrected chi connectivity index (χ1v) is 6.05. The molecule has 0 saturated heterocycles. The predicted molar refractivity (Wildman–Crippen MR) is 67.9 cm³/mol. The Morgan fingerprint density at radius 1 is 1.63 bits per heavy atom. The summed E-state index contributed by atoms with van der Waals surface area (Å²) in [5, 5.41) is 13.2. The molecule has 2 aromatic rings. The molecule has 0 saturated carbocycles. The van der Waals surface area contributed by atoms with Crippen molar-refractivity contribution in [1.29, 1.82) is 0 Å². The van der Waals surface area contributed by atoms with Crippen molar-refractivity contribution in [1.82, 2.24) is 30.3 Å². The minimum Gasteiger partial charge on any atom is -0.354 e. The average Bonchev–Trinajstić information content (AvgIpc) is 2.97. The second-order valence-electron chi connectivity index (χ2n) is 3.98. The second-order valence-corrected chi connectivity index (χ2v) is 4.42. The summed E-state index contributed by atoms with van der Waals surface area (Å²) in [4.78, 5) is 25.1. The van der Waals surface area contributed by atoms with Gasteiger partial charge >= 0.3 is 5.69 Å². The van der Waals surface area contributed by atoms with E-state index in [1.54, 1.807) is 13.1 Å². The van der Waals surface area contributed by atoms with Crippen molar-refractivity contribution in [3.8, 4) is 0 Å². The van der Waals surface area contributed by atoms with Crippen LogP contribution >= 0.6 is 11.6 Å². The Morgan fingerprint density at radius 2 is 2.42 bits per heavy atom. The summed E-state index contributed by atoms with van der Waals surface area (Å²) in [6, 6.07) is -0.453. The number of amides is 1. The fourth-order valence-corrected chi connectivity index (χ4v) is 1.67. The summed E-state index contributed by atoms with van der Waals surface area (Å²) in [6.45, 7) is 2.09. The lowest BCUT2D eigenvalue weighted by molar-refractivity contribution is -0.124. The third-order valence-electron chi connectivity index (χ3n) is 2.56. The van der Waals surface area contributed by atoms with Gasteiger partial charge in [0.05, 0.1) is 11.2 Å². The maximum Gasteiger partial charge on any atom is 0.340 e. The zero-order valence-electron chi connectivity index (χ0n) is 10.2. The Bertz CT molecular complexity index is 615. The third kappa shape index (κ3) is 3.44. The van der Waals surface area contributed by atoms with Crippen molar-refractivity contribution in [3.63, 3.8) is 0 Å². The number of aromatic amines is 2. The van der Waals surface area contributed by atoms with E-state index in [2.05, 4.69) is 25.6 Å². The van der Waals surface area contributed by atoms with Crippen LogP contribution in [0.1, 0.15) is 18.8 Å². The number of nitrogens with one attached hydrogen (secondary N) is 3. The van der Waals surface area contributed by atoms with Crippen LogP contribution in [0.15, 0.2) is 17.2 Å². The highest BCUT2D eigenvalue weighted by molar-refractivity contribution is 6.30. The van der Waals surface area contributed by atoms with Crippen LogP contribution in [0, 0.1) is 0 Å². The first-order valence-electron chi connectivity index (χ1n) is 5.67. The quantitative estimate of drug-likeness (QED) is 0.710. The molecule has 102 valence electrons. The zero-order valence-corrected chi connectivity index (χ0v) is 10.9. The molecule has 0 radical (unpaired) electrons. The summed E-state index contributed by atoms with van der Waals surface area (Å²) < 4.78 is 1.48. The molecule has 1 atom stereocenters. The average molecular weight is 285 g/mol. The van der Waals surface area contributed by atoms with Crippen LogP contribution in [-0.2, 0) is 11.2 Å². The molecule has 8 nitrogen and oxygen atoms in total. The Morgan fingerprint density at radius 3 is 3.00 bits per heavy atom. The molecule has 0 spiro atoms. The van der Waals surface area contributed by atoms with E-state index < -0.39 is 6.04 Å². The Balaban J connectivity index is 1.82. The van der Waals surface area contributed by atoms with E-state index in [0.29, 0.717) is 23.8 Å². The smallest absolute Gasteiger partial charge is 0.340 e. The molecule has 0 aliphatic heterocycles. The number of halogens is 1. The normalized spacial score (nSPS) is 12.3. The SMILES string of the molecule is C[C@@H](C(=O)NCCc1n[nH]c(=O)[nH]1)n1cc(Cl)cn1. The molecule has 0 unspecified atom stereocenters. The number of carbonyl (C=O) groups is 1. The molecule has 0 aliphatic rings. The molecular weight excluding hydrogens is 272 g/mol. The molecule has 2 aromatic heterocycles. The van der Waals surface area contributed by atoms with E-state index in [-0.39, 0.29) is 11.6 Å². The van der Waals surface area contributed by atoms with Crippen LogP contribution in [0.3, 0.4) is 0 Å². The Labute approximate surface area is 113 Å². The number of carbonyl (C=O) groups excluding carboxylic acids is 1. The molecule has 1 amide bonds. The summed E-state index contributed by atoms with van der Waals surface area (Å²) in [5.41, 5.74) is -0.360. The van der Waals surface area contributed by atoms with Crippen LogP contribution in [0.2, 0.25) is 5.02 Å². The van der Waals surface area contributed by atoms with Gasteiger partial charge in [0.15, 0.2) is 0 Å². The number of H-pyrrole nitrogens is 2. The fraction of sp³-hybridized carbons (Fsp3) is 0.400. The lowest BCUT2D eigenvalue weighted by Gasteiger charge is -2.11. The van der Waals surface area contributed by atoms with Crippen LogP contribution in [0.5, 0.6) is 0 Å². The van der Waals surface area contributed by atoms with Gasteiger partial charge in [-0.25, -0.2) is 9.89 Å². The lowest BCUT2D eigenvalue weighted by Crippen LogP contribution is -2.32. The number of rotatable bonds is 5. The van der Waals surface area contributed by atoms with Crippen molar-refractivity contribution >= 4 is 17.5 Å². The molecule has 9 heteroatoms. The first kappa shape index (κ1) is 13.3. The van der Waals surface area contributed by atoms with Gasteiger partial charge in [-0.05, 0) is 6.92 Å². The van der Waals surface area contributed by atoms with Gasteiger partial charge in [0, 0.05) is 19.2 Å². The van der Waals surface area contributed by atoms with Gasteiger partial charge in [-0.3, -0.25) is 14.5 Å². The number of hydrogen-bond donors (Lipinski definition) is 3. The molecule has 0 fully saturated rings. The van der Waals surface area contributed by atoms with Gasteiger partial charge in [0.25, 0.3) is 0 Å². The van der Waals surface area contributed by atoms with Gasteiger partial charge in [-0.1, -0.05) is 11.6 Å². The molecule has 3 N–H and O–H groups in total. The van der Waals surface area contributed by atoms with Crippen molar-refractivity contribution in [2.75, 3.05) is 6.54 Å². The number of hydrogen-bond acceptors (Lipinski definition) is 4. The van der Waals surface area contributed by atoms with E-state index in [0.717, 1.165) is 0 Å². The third-order valence-corrected chi connectivity index (χ3v) is 2.75. The van der Waals surface area contributed by atoms with Crippen LogP contribution in [0.4, 0.5) is 0 Å². The maximum absolute atomic E-state index is 11.8. The molecule has 19 heavy (non-hydrogen) atoms. The van der Waals surface area contributed by atoms with Crippen LogP contribution in [-0.4, -0.2) is 37.4 Å². The monoisotopic (exact) mass is 284 g/mol. The predicted octanol–water partition coefficient (Wildman–Crippen LogP) is -0.132. The van der Waals surface area contributed by atoms with Crippen molar-refractivity contribution in [3.05, 3.63) is 33.7 Å². The fourth-order valence-electron chi connectivity index (χ4n) is 1.52. The van der Waals surface area contributed by atoms with E-state index in [1.807, 2.05) is 0 Å². The number of nitrogens with zero attached hydrogens (tertiary/aromatic N) is 3. The van der Waals surface area contributed by atoms with Crippen LogP contribution in [0.25, 0.3) is 0 Å². The Kier molecular flexibility index (Phi) is 4.00. The zero-order chi connectivity index (χ0) is 13.8. The minimum absolute atomic E-state index is 0.183. The highest BCUT2D eigenvalue weighted by Gasteiger charge is 2.15. The Hall–Kier alpha value is -2.09. The molecule has 0 aromatic carbocycles. The van der Waals surface area contributed by atoms with Crippen molar-refractivity contribution in [2.24, 2.45) is 0 Å². The van der Waals surface area contributed by atoms with Gasteiger partial charge in [0.2, 0.25) is 5.91 Å². The molecule has 2 heterocycles. The summed E-state index contributed by atoms with van der Waals surface area (Å²) in [7, 11) is 0. The molecule has 0 aliphatic carbocycles. The van der Waals surface area contributed by atoms with Gasteiger partial charge in [-0.2, -0.15) is 10.2 Å². The summed E-state index contributed by atoms with van der Waals surface area (Å²) >= 11 is 5.74. The topological polar surface area (TPSA) is 108 Å². The standard InChI is InChI=1S/C10H13ClN6O2/c1-6(17-5-7(11)4-13-17)9(18)12-3-2-8-14-10(19)16-15-8/h4-6H,2-3H2,1H3,(H,12,18)(H2,14,15,16,19)/t6-/m0/s1. The number of aromatic nitrogens is 5. The molecule has 2 rings (SSSR count). The van der Waals surface area contributed by atoms with E-state index >= 15 is 0 Å². The highest BCUT2D eigenvalue weighted by Crippen LogP contribution is 2.10. The first-order chi connectivity index (χ1) is 9.06. The maximum atomic E-state index is 11.8. The minimum atomic E-state index is -0.453. The van der Waals surface area contributed by atoms with E-state index in [4.69, 9.17) is 11.6 Å². The molecular formula is C10H13ClN6O2.